The number of nitrogens with zero attached hydrogens (tertiary/aromatic N) is 2. The average Bonchev–Trinajstić information content (AvgIpc) is 3.10. The van der Waals surface area contributed by atoms with E-state index in [0.717, 1.165) is 13.0 Å². The molecule has 1 aromatic heterocycles. The van der Waals surface area contributed by atoms with Gasteiger partial charge in [-0.15, -0.1) is 0 Å². The molecule has 6 nitrogen and oxygen atoms in total. The second-order valence-electron chi connectivity index (χ2n) is 4.64. The zero-order chi connectivity index (χ0) is 14.0. The van der Waals surface area contributed by atoms with E-state index in [1.54, 1.807) is 41.2 Å². The second-order valence-corrected chi connectivity index (χ2v) is 6.33. The lowest BCUT2D eigenvalue weighted by Crippen LogP contribution is -2.12. The number of hydrogen-bond donors (Lipinski definition) is 1. The standard InChI is InChI=1S/C13H15N3O3S/c17-20(18,13-4-2-1-3-5-13)15-11-8-14-16(9-11)12-6-7-19-10-12/h1-5,8-9,12,15H,6-7,10H2/t12-/m0/s1. The minimum atomic E-state index is -3.56. The third-order valence-electron chi connectivity index (χ3n) is 3.19. The highest BCUT2D eigenvalue weighted by Crippen LogP contribution is 2.21. The highest BCUT2D eigenvalue weighted by atomic mass is 32.2. The van der Waals surface area contributed by atoms with Gasteiger partial charge in [-0.25, -0.2) is 8.42 Å². The lowest BCUT2D eigenvalue weighted by molar-refractivity contribution is 0.184. The van der Waals surface area contributed by atoms with Crippen LogP contribution in [0.25, 0.3) is 0 Å². The maximum atomic E-state index is 12.2. The number of nitrogens with one attached hydrogen (secondary N) is 1. The molecule has 2 aromatic rings. The van der Waals surface area contributed by atoms with Crippen molar-refractivity contribution in [1.29, 1.82) is 0 Å². The molecule has 1 fully saturated rings. The smallest absolute Gasteiger partial charge is 0.261 e. The molecule has 20 heavy (non-hydrogen) atoms. The Morgan fingerprint density at radius 1 is 1.30 bits per heavy atom. The summed E-state index contributed by atoms with van der Waals surface area (Å²) in [7, 11) is -3.56. The fraction of sp³-hybridized carbons (Fsp3) is 0.308. The van der Waals surface area contributed by atoms with Crippen LogP contribution in [-0.2, 0) is 14.8 Å². The number of aromatic nitrogens is 2. The molecule has 0 radical (unpaired) electrons. The van der Waals surface area contributed by atoms with Crippen molar-refractivity contribution >= 4 is 15.7 Å². The third-order valence-corrected chi connectivity index (χ3v) is 4.58. The Bertz CT molecular complexity index is 676. The van der Waals surface area contributed by atoms with Crippen LogP contribution < -0.4 is 4.72 Å². The first-order valence-corrected chi connectivity index (χ1v) is 7.83. The molecule has 1 aliphatic heterocycles. The molecule has 0 amide bonds. The van der Waals surface area contributed by atoms with Crippen molar-refractivity contribution in [3.8, 4) is 0 Å². The maximum absolute atomic E-state index is 12.2. The lowest BCUT2D eigenvalue weighted by Gasteiger charge is -2.07. The Kier molecular flexibility index (Phi) is 3.45. The summed E-state index contributed by atoms with van der Waals surface area (Å²) in [5.41, 5.74) is 0.459. The molecule has 0 bridgehead atoms. The number of rotatable bonds is 4. The van der Waals surface area contributed by atoms with Crippen molar-refractivity contribution in [1.82, 2.24) is 9.78 Å². The summed E-state index contributed by atoms with van der Waals surface area (Å²) < 4.78 is 33.9. The van der Waals surface area contributed by atoms with E-state index in [2.05, 4.69) is 9.82 Å². The van der Waals surface area contributed by atoms with Crippen LogP contribution in [0.5, 0.6) is 0 Å². The zero-order valence-electron chi connectivity index (χ0n) is 10.8. The van der Waals surface area contributed by atoms with Crippen LogP contribution in [0.4, 0.5) is 5.69 Å². The number of benzene rings is 1. The Balaban J connectivity index is 1.78. The van der Waals surface area contributed by atoms with Gasteiger partial charge in [-0.1, -0.05) is 18.2 Å². The Labute approximate surface area is 117 Å². The molecule has 2 heterocycles. The van der Waals surface area contributed by atoms with Crippen molar-refractivity contribution in [2.45, 2.75) is 17.4 Å². The summed E-state index contributed by atoms with van der Waals surface area (Å²) >= 11 is 0. The molecule has 1 atom stereocenters. The van der Waals surface area contributed by atoms with E-state index in [4.69, 9.17) is 4.74 Å². The van der Waals surface area contributed by atoms with Crippen molar-refractivity contribution < 1.29 is 13.2 Å². The van der Waals surface area contributed by atoms with Crippen LogP contribution in [0.3, 0.4) is 0 Å². The summed E-state index contributed by atoms with van der Waals surface area (Å²) in [5, 5.41) is 4.19. The van der Waals surface area contributed by atoms with E-state index in [1.165, 1.54) is 6.20 Å². The van der Waals surface area contributed by atoms with Crippen LogP contribution in [-0.4, -0.2) is 31.4 Å². The minimum absolute atomic E-state index is 0.185. The maximum Gasteiger partial charge on any atom is 0.261 e. The van der Waals surface area contributed by atoms with Gasteiger partial charge in [0.1, 0.15) is 0 Å². The summed E-state index contributed by atoms with van der Waals surface area (Å²) in [6.45, 7) is 1.34. The van der Waals surface area contributed by atoms with Gasteiger partial charge in [-0.2, -0.15) is 5.10 Å². The van der Waals surface area contributed by atoms with E-state index in [9.17, 15) is 8.42 Å². The Morgan fingerprint density at radius 2 is 2.10 bits per heavy atom. The minimum Gasteiger partial charge on any atom is -0.379 e. The first-order chi connectivity index (χ1) is 9.65. The van der Waals surface area contributed by atoms with Crippen LogP contribution in [0.1, 0.15) is 12.5 Å². The quantitative estimate of drug-likeness (QED) is 0.930. The summed E-state index contributed by atoms with van der Waals surface area (Å²) in [6, 6.07) is 8.44. The molecule has 1 N–H and O–H groups in total. The number of anilines is 1. The molecular weight excluding hydrogens is 278 g/mol. The van der Waals surface area contributed by atoms with E-state index in [1.807, 2.05) is 0 Å². The predicted molar refractivity (Wildman–Crippen MR) is 74.0 cm³/mol. The van der Waals surface area contributed by atoms with E-state index in [0.29, 0.717) is 12.3 Å². The van der Waals surface area contributed by atoms with Crippen molar-refractivity contribution in [2.24, 2.45) is 0 Å². The summed E-state index contributed by atoms with van der Waals surface area (Å²) in [6.07, 6.45) is 4.10. The normalized spacial score (nSPS) is 19.1. The Hall–Kier alpha value is -1.86. The van der Waals surface area contributed by atoms with E-state index in [-0.39, 0.29) is 10.9 Å². The highest BCUT2D eigenvalue weighted by Gasteiger charge is 2.20. The molecule has 7 heteroatoms. The second kappa shape index (κ2) is 5.26. The number of hydrogen-bond acceptors (Lipinski definition) is 4. The predicted octanol–water partition coefficient (Wildman–Crippen LogP) is 1.65. The number of ether oxygens (including phenoxy) is 1. The molecule has 0 aliphatic carbocycles. The van der Waals surface area contributed by atoms with Crippen LogP contribution in [0.15, 0.2) is 47.6 Å². The largest absolute Gasteiger partial charge is 0.379 e. The summed E-state index contributed by atoms with van der Waals surface area (Å²) in [5.74, 6) is 0. The SMILES string of the molecule is O=S(=O)(Nc1cnn([C@H]2CCOC2)c1)c1ccccc1. The zero-order valence-corrected chi connectivity index (χ0v) is 11.6. The molecule has 1 aromatic carbocycles. The fourth-order valence-corrected chi connectivity index (χ4v) is 3.18. The summed E-state index contributed by atoms with van der Waals surface area (Å²) in [4.78, 5) is 0.233. The fourth-order valence-electron chi connectivity index (χ4n) is 2.13. The van der Waals surface area contributed by atoms with E-state index < -0.39 is 10.0 Å². The van der Waals surface area contributed by atoms with Crippen molar-refractivity contribution in [3.05, 3.63) is 42.7 Å². The molecule has 0 unspecified atom stereocenters. The van der Waals surface area contributed by atoms with Gasteiger partial charge >= 0.3 is 0 Å². The lowest BCUT2D eigenvalue weighted by atomic mass is 10.3. The molecule has 1 saturated heterocycles. The topological polar surface area (TPSA) is 73.2 Å². The molecule has 0 spiro atoms. The van der Waals surface area contributed by atoms with Crippen LogP contribution in [0.2, 0.25) is 0 Å². The average molecular weight is 293 g/mol. The molecule has 106 valence electrons. The van der Waals surface area contributed by atoms with Crippen molar-refractivity contribution in [2.75, 3.05) is 17.9 Å². The van der Waals surface area contributed by atoms with Crippen LogP contribution >= 0.6 is 0 Å². The van der Waals surface area contributed by atoms with Gasteiger partial charge < -0.3 is 4.74 Å². The molecular formula is C13H15N3O3S. The third kappa shape index (κ3) is 2.68. The molecule has 0 saturated carbocycles. The van der Waals surface area contributed by atoms with Gasteiger partial charge in [-0.3, -0.25) is 9.40 Å². The van der Waals surface area contributed by atoms with Gasteiger partial charge in [0.2, 0.25) is 0 Å². The van der Waals surface area contributed by atoms with Gasteiger partial charge in [0.15, 0.2) is 0 Å². The van der Waals surface area contributed by atoms with E-state index >= 15 is 0 Å². The Morgan fingerprint density at radius 3 is 2.80 bits per heavy atom. The van der Waals surface area contributed by atoms with Gasteiger partial charge in [0.25, 0.3) is 10.0 Å². The van der Waals surface area contributed by atoms with Gasteiger partial charge in [0, 0.05) is 12.8 Å². The van der Waals surface area contributed by atoms with Crippen LogP contribution in [0, 0.1) is 0 Å². The first kappa shape index (κ1) is 13.1. The van der Waals surface area contributed by atoms with Crippen molar-refractivity contribution in [3.63, 3.8) is 0 Å². The monoisotopic (exact) mass is 293 g/mol. The van der Waals surface area contributed by atoms with Gasteiger partial charge in [0.05, 0.1) is 29.4 Å². The molecule has 1 aliphatic rings. The number of sulfonamides is 1. The highest BCUT2D eigenvalue weighted by molar-refractivity contribution is 7.92. The molecule has 3 rings (SSSR count). The first-order valence-electron chi connectivity index (χ1n) is 6.35. The van der Waals surface area contributed by atoms with Gasteiger partial charge in [-0.05, 0) is 18.6 Å².